The molecule has 1 heterocycles. The van der Waals surface area contributed by atoms with E-state index in [1.807, 2.05) is 34.7 Å². The van der Waals surface area contributed by atoms with E-state index in [1.54, 1.807) is 12.1 Å². The standard InChI is InChI=1S/C10H5IO3/c11-10-7-4-2-1-3-6(7)9(14-10)8(13)5-12/h1-5H. The van der Waals surface area contributed by atoms with Crippen LogP contribution in [0.15, 0.2) is 28.7 Å². The van der Waals surface area contributed by atoms with Gasteiger partial charge in [0.15, 0.2) is 15.8 Å². The quantitative estimate of drug-likeness (QED) is 0.370. The predicted octanol–water partition coefficient (Wildman–Crippen LogP) is 2.42. The van der Waals surface area contributed by atoms with Crippen LogP contribution in [0.5, 0.6) is 0 Å². The summed E-state index contributed by atoms with van der Waals surface area (Å²) < 4.78 is 5.85. The number of Topliss-reactive ketones (excluding diaryl/α,β-unsaturated/α-hetero) is 1. The minimum Gasteiger partial charge on any atom is -0.445 e. The van der Waals surface area contributed by atoms with E-state index in [2.05, 4.69) is 0 Å². The molecule has 0 aliphatic heterocycles. The number of hydrogen-bond acceptors (Lipinski definition) is 3. The minimum absolute atomic E-state index is 0.125. The van der Waals surface area contributed by atoms with Crippen molar-refractivity contribution in [2.24, 2.45) is 0 Å². The number of aldehydes is 1. The molecule has 0 radical (unpaired) electrons. The van der Waals surface area contributed by atoms with Gasteiger partial charge in [0.2, 0.25) is 0 Å². The van der Waals surface area contributed by atoms with E-state index in [-0.39, 0.29) is 12.0 Å². The average molecular weight is 300 g/mol. The van der Waals surface area contributed by atoms with E-state index < -0.39 is 5.78 Å². The van der Waals surface area contributed by atoms with Crippen molar-refractivity contribution in [3.05, 3.63) is 33.8 Å². The molecule has 0 amide bonds. The van der Waals surface area contributed by atoms with Crippen molar-refractivity contribution >= 4 is 45.4 Å². The Labute approximate surface area is 93.2 Å². The largest absolute Gasteiger partial charge is 0.445 e. The van der Waals surface area contributed by atoms with Crippen molar-refractivity contribution in [1.29, 1.82) is 0 Å². The van der Waals surface area contributed by atoms with Crippen molar-refractivity contribution in [3.8, 4) is 0 Å². The molecule has 70 valence electrons. The van der Waals surface area contributed by atoms with Crippen molar-refractivity contribution in [2.45, 2.75) is 0 Å². The molecule has 0 aliphatic carbocycles. The number of rotatable bonds is 2. The Kier molecular flexibility index (Phi) is 2.37. The minimum atomic E-state index is -0.621. The van der Waals surface area contributed by atoms with Crippen LogP contribution in [-0.2, 0) is 4.79 Å². The van der Waals surface area contributed by atoms with Gasteiger partial charge < -0.3 is 4.42 Å². The molecule has 0 saturated heterocycles. The summed E-state index contributed by atoms with van der Waals surface area (Å²) in [5.74, 6) is -0.496. The van der Waals surface area contributed by atoms with Crippen LogP contribution in [-0.4, -0.2) is 12.1 Å². The number of furan rings is 1. The summed E-state index contributed by atoms with van der Waals surface area (Å²) in [4.78, 5) is 21.5. The lowest BCUT2D eigenvalue weighted by atomic mass is 10.1. The number of halogens is 1. The van der Waals surface area contributed by atoms with Gasteiger partial charge in [-0.1, -0.05) is 24.3 Å². The van der Waals surface area contributed by atoms with Gasteiger partial charge in [-0.2, -0.15) is 0 Å². The molecular weight excluding hydrogens is 295 g/mol. The van der Waals surface area contributed by atoms with E-state index in [0.29, 0.717) is 9.15 Å². The third-order valence-corrected chi connectivity index (χ3v) is 2.71. The zero-order valence-corrected chi connectivity index (χ0v) is 9.15. The molecule has 0 atom stereocenters. The van der Waals surface area contributed by atoms with Gasteiger partial charge in [0.25, 0.3) is 5.78 Å². The summed E-state index contributed by atoms with van der Waals surface area (Å²) in [7, 11) is 0. The highest BCUT2D eigenvalue weighted by atomic mass is 127. The third-order valence-electron chi connectivity index (χ3n) is 1.91. The second-order valence-corrected chi connectivity index (χ2v) is 3.71. The van der Waals surface area contributed by atoms with Crippen LogP contribution in [0, 0.1) is 3.77 Å². The van der Waals surface area contributed by atoms with E-state index in [4.69, 9.17) is 4.42 Å². The van der Waals surface area contributed by atoms with Gasteiger partial charge >= 0.3 is 0 Å². The van der Waals surface area contributed by atoms with Crippen molar-refractivity contribution in [3.63, 3.8) is 0 Å². The number of fused-ring (bicyclic) bond motifs is 1. The zero-order valence-electron chi connectivity index (χ0n) is 6.99. The molecule has 2 rings (SSSR count). The second-order valence-electron chi connectivity index (χ2n) is 2.73. The van der Waals surface area contributed by atoms with Crippen LogP contribution in [0.4, 0.5) is 0 Å². The monoisotopic (exact) mass is 300 g/mol. The Morgan fingerprint density at radius 2 is 1.93 bits per heavy atom. The van der Waals surface area contributed by atoms with Gasteiger partial charge in [0.05, 0.1) is 0 Å². The maximum atomic E-state index is 11.2. The van der Waals surface area contributed by atoms with Gasteiger partial charge in [0, 0.05) is 33.4 Å². The first-order valence-electron chi connectivity index (χ1n) is 3.90. The third kappa shape index (κ3) is 1.35. The summed E-state index contributed by atoms with van der Waals surface area (Å²) in [5, 5.41) is 1.55. The fourth-order valence-electron chi connectivity index (χ4n) is 1.29. The molecule has 0 fully saturated rings. The lowest BCUT2D eigenvalue weighted by Crippen LogP contribution is -1.97. The lowest BCUT2D eigenvalue weighted by molar-refractivity contribution is -0.104. The second kappa shape index (κ2) is 3.53. The Hall–Kier alpha value is -1.17. The SMILES string of the molecule is O=CC(=O)c1oc(I)c2ccccc12. The fourth-order valence-corrected chi connectivity index (χ4v) is 1.98. The molecule has 1 aromatic carbocycles. The van der Waals surface area contributed by atoms with Crippen molar-refractivity contribution in [1.82, 2.24) is 0 Å². The molecular formula is C10H5IO3. The number of carbonyl (C=O) groups is 2. The maximum absolute atomic E-state index is 11.2. The molecule has 0 spiro atoms. The van der Waals surface area contributed by atoms with Crippen LogP contribution in [0.1, 0.15) is 10.6 Å². The Balaban J connectivity index is 2.78. The summed E-state index contributed by atoms with van der Waals surface area (Å²) in [5.41, 5.74) is 0. The zero-order chi connectivity index (χ0) is 10.1. The summed E-state index contributed by atoms with van der Waals surface area (Å²) >= 11 is 1.99. The Morgan fingerprint density at radius 3 is 2.57 bits per heavy atom. The molecule has 0 aliphatic rings. The van der Waals surface area contributed by atoms with Crippen molar-refractivity contribution < 1.29 is 14.0 Å². The maximum Gasteiger partial charge on any atom is 0.261 e. The van der Waals surface area contributed by atoms with Crippen molar-refractivity contribution in [2.75, 3.05) is 0 Å². The first-order chi connectivity index (χ1) is 6.74. The molecule has 3 nitrogen and oxygen atoms in total. The van der Waals surface area contributed by atoms with E-state index >= 15 is 0 Å². The highest BCUT2D eigenvalue weighted by Gasteiger charge is 2.16. The van der Waals surface area contributed by atoms with Gasteiger partial charge in [0.1, 0.15) is 0 Å². The summed E-state index contributed by atoms with van der Waals surface area (Å²) in [6.07, 6.45) is 0.265. The smallest absolute Gasteiger partial charge is 0.261 e. The molecule has 14 heavy (non-hydrogen) atoms. The molecule has 1 aromatic heterocycles. The molecule has 4 heteroatoms. The first kappa shape index (κ1) is 9.39. The van der Waals surface area contributed by atoms with E-state index in [0.717, 1.165) is 5.39 Å². The average Bonchev–Trinajstić information content (AvgIpc) is 2.56. The van der Waals surface area contributed by atoms with Gasteiger partial charge in [-0.25, -0.2) is 0 Å². The molecule has 0 N–H and O–H groups in total. The molecule has 2 aromatic rings. The number of ketones is 1. The first-order valence-corrected chi connectivity index (χ1v) is 4.98. The molecule has 0 unspecified atom stereocenters. The highest BCUT2D eigenvalue weighted by molar-refractivity contribution is 14.1. The van der Waals surface area contributed by atoms with Gasteiger partial charge in [-0.05, 0) is 0 Å². The van der Waals surface area contributed by atoms with Gasteiger partial charge in [-0.3, -0.25) is 9.59 Å². The summed E-state index contributed by atoms with van der Waals surface area (Å²) in [6.45, 7) is 0. The van der Waals surface area contributed by atoms with Crippen LogP contribution in [0.3, 0.4) is 0 Å². The Morgan fingerprint density at radius 1 is 1.29 bits per heavy atom. The van der Waals surface area contributed by atoms with Gasteiger partial charge in [-0.15, -0.1) is 0 Å². The van der Waals surface area contributed by atoms with Crippen LogP contribution in [0.2, 0.25) is 0 Å². The number of carbonyl (C=O) groups excluding carboxylic acids is 2. The summed E-state index contributed by atoms with van der Waals surface area (Å²) in [6, 6.07) is 7.27. The normalized spacial score (nSPS) is 10.4. The predicted molar refractivity (Wildman–Crippen MR) is 59.3 cm³/mol. The van der Waals surface area contributed by atoms with Crippen LogP contribution >= 0.6 is 22.6 Å². The molecule has 0 bridgehead atoms. The molecule has 0 saturated carbocycles. The lowest BCUT2D eigenvalue weighted by Gasteiger charge is -1.87. The van der Waals surface area contributed by atoms with E-state index in [1.165, 1.54) is 0 Å². The van der Waals surface area contributed by atoms with Crippen LogP contribution < -0.4 is 0 Å². The topological polar surface area (TPSA) is 47.3 Å². The fraction of sp³-hybridized carbons (Fsp3) is 0. The number of hydrogen-bond donors (Lipinski definition) is 0. The highest BCUT2D eigenvalue weighted by Crippen LogP contribution is 2.26. The van der Waals surface area contributed by atoms with E-state index in [9.17, 15) is 9.59 Å². The Bertz CT molecular complexity index is 513. The van der Waals surface area contributed by atoms with Crippen LogP contribution in [0.25, 0.3) is 10.8 Å². The number of benzene rings is 1.